The van der Waals surface area contributed by atoms with E-state index >= 15 is 0 Å². The van der Waals surface area contributed by atoms with Crippen molar-refractivity contribution in [3.8, 4) is 0 Å². The van der Waals surface area contributed by atoms with E-state index in [1.807, 2.05) is 93.6 Å². The molecule has 41 heavy (non-hydrogen) atoms. The van der Waals surface area contributed by atoms with Gasteiger partial charge in [0.2, 0.25) is 5.91 Å². The van der Waals surface area contributed by atoms with E-state index in [0.29, 0.717) is 12.2 Å². The van der Waals surface area contributed by atoms with Gasteiger partial charge in [0.25, 0.3) is 5.91 Å². The number of hydrogen-bond acceptors (Lipinski definition) is 5. The first-order valence-electron chi connectivity index (χ1n) is 13.4. The van der Waals surface area contributed by atoms with Crippen LogP contribution in [0.2, 0.25) is 0 Å². The lowest BCUT2D eigenvalue weighted by Gasteiger charge is -2.33. The second-order valence-corrected chi connectivity index (χ2v) is 13.4. The van der Waals surface area contributed by atoms with Crippen LogP contribution >= 0.6 is 34.4 Å². The Morgan fingerprint density at radius 1 is 1.05 bits per heavy atom. The number of halogens is 1. The molecule has 3 aromatic rings. The molecule has 0 radical (unpaired) electrons. The summed E-state index contributed by atoms with van der Waals surface area (Å²) in [5, 5.41) is 20.0. The molecular weight excluding hydrogens is 651 g/mol. The van der Waals surface area contributed by atoms with E-state index in [-0.39, 0.29) is 18.2 Å². The molecule has 3 aromatic carbocycles. The third-order valence-corrected chi connectivity index (χ3v) is 9.17. The van der Waals surface area contributed by atoms with Gasteiger partial charge in [-0.25, -0.2) is 4.79 Å². The molecule has 1 aliphatic rings. The number of aryl methyl sites for hydroxylation is 1. The maximum atomic E-state index is 13.8. The summed E-state index contributed by atoms with van der Waals surface area (Å²) in [6.07, 6.45) is -1.35. The fraction of sp³-hybridized carbons (Fsp3) is 0.323. The summed E-state index contributed by atoms with van der Waals surface area (Å²) >= 11 is 3.64. The fourth-order valence-corrected chi connectivity index (χ4v) is 6.54. The van der Waals surface area contributed by atoms with Crippen molar-refractivity contribution in [2.75, 3.05) is 11.2 Å². The summed E-state index contributed by atoms with van der Waals surface area (Å²) in [4.78, 5) is 41.7. The van der Waals surface area contributed by atoms with Crippen molar-refractivity contribution in [3.05, 3.63) is 99.1 Å². The molecule has 1 aliphatic heterocycles. The highest BCUT2D eigenvalue weighted by Gasteiger charge is 2.49. The van der Waals surface area contributed by atoms with Gasteiger partial charge in [0, 0.05) is 20.5 Å². The summed E-state index contributed by atoms with van der Waals surface area (Å²) in [5.74, 6) is -0.639. The van der Waals surface area contributed by atoms with Gasteiger partial charge in [0.15, 0.2) is 6.10 Å². The number of benzene rings is 3. The molecule has 0 aliphatic carbocycles. The molecule has 3 atom stereocenters. The van der Waals surface area contributed by atoms with E-state index in [9.17, 15) is 19.5 Å². The summed E-state index contributed by atoms with van der Waals surface area (Å²) in [6, 6.07) is 22.2. The number of nitrogens with one attached hydrogen (secondary N) is 3. The molecular formula is C31H35IN4O4S. The number of carbonyl (C=O) groups is 3. The topological polar surface area (TPSA) is 111 Å². The number of rotatable bonds is 9. The fourth-order valence-electron chi connectivity index (χ4n) is 4.85. The Hall–Kier alpha value is -3.09. The zero-order valence-electron chi connectivity index (χ0n) is 23.3. The zero-order chi connectivity index (χ0) is 29.6. The average Bonchev–Trinajstić information content (AvgIpc) is 3.26. The lowest BCUT2D eigenvalue weighted by atomic mass is 9.97. The van der Waals surface area contributed by atoms with Crippen LogP contribution in [0.25, 0.3) is 0 Å². The molecule has 0 bridgehead atoms. The highest BCUT2D eigenvalue weighted by molar-refractivity contribution is 14.1. The molecule has 8 nitrogen and oxygen atoms in total. The first-order valence-corrected chi connectivity index (χ1v) is 15.4. The van der Waals surface area contributed by atoms with Crippen LogP contribution in [0.4, 0.5) is 10.5 Å². The van der Waals surface area contributed by atoms with Crippen molar-refractivity contribution in [1.29, 1.82) is 0 Å². The molecule has 0 saturated carbocycles. The summed E-state index contributed by atoms with van der Waals surface area (Å²) in [7, 11) is 0. The number of nitrogens with zero attached hydrogens (tertiary/aromatic N) is 1. The van der Waals surface area contributed by atoms with Gasteiger partial charge in [-0.05, 0) is 84.7 Å². The maximum Gasteiger partial charge on any atom is 0.319 e. The van der Waals surface area contributed by atoms with Crippen LogP contribution in [0.3, 0.4) is 0 Å². The Bertz CT molecular complexity index is 1390. The van der Waals surface area contributed by atoms with Gasteiger partial charge in [0.1, 0.15) is 6.04 Å². The van der Waals surface area contributed by atoms with E-state index in [0.717, 1.165) is 20.3 Å². The van der Waals surface area contributed by atoms with E-state index in [1.54, 1.807) is 6.07 Å². The molecule has 3 unspecified atom stereocenters. The van der Waals surface area contributed by atoms with Gasteiger partial charge in [-0.1, -0.05) is 60.7 Å². The number of amides is 4. The van der Waals surface area contributed by atoms with Gasteiger partial charge in [-0.15, -0.1) is 11.8 Å². The minimum Gasteiger partial charge on any atom is -0.381 e. The van der Waals surface area contributed by atoms with E-state index in [4.69, 9.17) is 0 Å². The molecule has 4 amide bonds. The molecule has 4 N–H and O–H groups in total. The van der Waals surface area contributed by atoms with Crippen LogP contribution in [-0.2, 0) is 22.6 Å². The standard InChI is InChI=1S/C31H35IN4O4S/c1-20-10-7-8-13-22(20)18-33-28(38)27-31(2,3)41-19-36(27)29(39)26(37)25(16-21-11-5-4-6-12-21)35-30(40)34-24-15-9-14-23(32)17-24/h4-15,17,25-27,37H,16,18-19H2,1-3H3,(H,33,38)(H2,34,35,40). The minimum atomic E-state index is -1.57. The predicted octanol–water partition coefficient (Wildman–Crippen LogP) is 4.69. The highest BCUT2D eigenvalue weighted by Crippen LogP contribution is 2.40. The van der Waals surface area contributed by atoms with Crippen LogP contribution < -0.4 is 16.0 Å². The quantitative estimate of drug-likeness (QED) is 0.245. The number of aliphatic hydroxyl groups excluding tert-OH is 1. The third-order valence-electron chi connectivity index (χ3n) is 7.12. The molecule has 1 fully saturated rings. The molecule has 216 valence electrons. The van der Waals surface area contributed by atoms with Crippen LogP contribution in [0.15, 0.2) is 78.9 Å². The number of anilines is 1. The predicted molar refractivity (Wildman–Crippen MR) is 171 cm³/mol. The van der Waals surface area contributed by atoms with Crippen LogP contribution in [-0.4, -0.2) is 56.7 Å². The largest absolute Gasteiger partial charge is 0.381 e. The summed E-state index contributed by atoms with van der Waals surface area (Å²) in [5.41, 5.74) is 3.50. The van der Waals surface area contributed by atoms with Crippen molar-refractivity contribution in [2.45, 2.75) is 56.7 Å². The Kier molecular flexibility index (Phi) is 10.3. The van der Waals surface area contributed by atoms with E-state index in [2.05, 4.69) is 38.5 Å². The average molecular weight is 687 g/mol. The Morgan fingerprint density at radius 3 is 2.46 bits per heavy atom. The number of urea groups is 1. The van der Waals surface area contributed by atoms with Crippen molar-refractivity contribution in [3.63, 3.8) is 0 Å². The first kappa shape index (κ1) is 30.9. The van der Waals surface area contributed by atoms with E-state index in [1.165, 1.54) is 16.7 Å². The number of thioether (sulfide) groups is 1. The normalized spacial score (nSPS) is 17.4. The molecule has 0 aromatic heterocycles. The number of carbonyl (C=O) groups excluding carboxylic acids is 3. The maximum absolute atomic E-state index is 13.8. The van der Waals surface area contributed by atoms with E-state index < -0.39 is 34.9 Å². The smallest absolute Gasteiger partial charge is 0.319 e. The van der Waals surface area contributed by atoms with Gasteiger partial charge in [0.05, 0.1) is 11.9 Å². The van der Waals surface area contributed by atoms with Crippen molar-refractivity contribution < 1.29 is 19.5 Å². The van der Waals surface area contributed by atoms with Crippen LogP contribution in [0.5, 0.6) is 0 Å². The number of hydrogen-bond donors (Lipinski definition) is 4. The number of aliphatic hydroxyl groups is 1. The molecule has 1 heterocycles. The first-order chi connectivity index (χ1) is 19.5. The lowest BCUT2D eigenvalue weighted by molar-refractivity contribution is -0.147. The Morgan fingerprint density at radius 2 is 1.76 bits per heavy atom. The lowest BCUT2D eigenvalue weighted by Crippen LogP contribution is -2.59. The van der Waals surface area contributed by atoms with Gasteiger partial charge in [-0.3, -0.25) is 9.59 Å². The minimum absolute atomic E-state index is 0.224. The second-order valence-electron chi connectivity index (χ2n) is 10.6. The van der Waals surface area contributed by atoms with Crippen molar-refractivity contribution in [1.82, 2.24) is 15.5 Å². The van der Waals surface area contributed by atoms with Crippen LogP contribution in [0, 0.1) is 10.5 Å². The van der Waals surface area contributed by atoms with Gasteiger partial charge < -0.3 is 26.0 Å². The third kappa shape index (κ3) is 8.02. The summed E-state index contributed by atoms with van der Waals surface area (Å²) < 4.78 is 0.382. The van der Waals surface area contributed by atoms with Crippen LogP contribution in [0.1, 0.15) is 30.5 Å². The molecule has 4 rings (SSSR count). The van der Waals surface area contributed by atoms with Gasteiger partial charge >= 0.3 is 6.03 Å². The van der Waals surface area contributed by atoms with Crippen molar-refractivity contribution in [2.24, 2.45) is 0 Å². The Labute approximate surface area is 258 Å². The van der Waals surface area contributed by atoms with Gasteiger partial charge in [-0.2, -0.15) is 0 Å². The highest BCUT2D eigenvalue weighted by atomic mass is 127. The second kappa shape index (κ2) is 13.7. The van der Waals surface area contributed by atoms with Crippen molar-refractivity contribution >= 4 is 57.9 Å². The Balaban J connectivity index is 1.51. The monoisotopic (exact) mass is 686 g/mol. The molecule has 1 saturated heterocycles. The molecule has 10 heteroatoms. The SMILES string of the molecule is Cc1ccccc1CNC(=O)C1N(C(=O)C(O)C(Cc2ccccc2)NC(=O)Nc2cccc(I)c2)CSC1(C)C. The zero-order valence-corrected chi connectivity index (χ0v) is 26.2. The molecule has 0 spiro atoms. The summed E-state index contributed by atoms with van der Waals surface area (Å²) in [6.45, 7) is 6.16.